The summed E-state index contributed by atoms with van der Waals surface area (Å²) in [5, 5.41) is 17.4. The van der Waals surface area contributed by atoms with E-state index in [1.165, 1.54) is 0 Å². The number of carboxylic acid groups (broad SMARTS) is 1. The Balaban J connectivity index is 3.66. The van der Waals surface area contributed by atoms with Gasteiger partial charge in [0.1, 0.15) is 0 Å². The van der Waals surface area contributed by atoms with Gasteiger partial charge in [0.25, 0.3) is 0 Å². The number of aliphatic hydroxyl groups excluding tert-OH is 1. The molecule has 0 heterocycles. The number of aliphatic hydroxyl groups is 1. The van der Waals surface area contributed by atoms with E-state index in [9.17, 15) is 4.79 Å². The van der Waals surface area contributed by atoms with Gasteiger partial charge in [-0.1, -0.05) is 19.8 Å². The summed E-state index contributed by atoms with van der Waals surface area (Å²) in [4.78, 5) is 10.5. The number of carboxylic acids is 1. The van der Waals surface area contributed by atoms with Gasteiger partial charge in [0.05, 0.1) is 13.0 Å². The molecule has 0 bridgehead atoms. The van der Waals surface area contributed by atoms with Crippen LogP contribution in [0.15, 0.2) is 0 Å². The first-order valence-electron chi connectivity index (χ1n) is 4.65. The second-order valence-electron chi connectivity index (χ2n) is 2.96. The molecule has 3 nitrogen and oxygen atoms in total. The van der Waals surface area contributed by atoms with E-state index in [-0.39, 0.29) is 18.3 Å². The van der Waals surface area contributed by atoms with Gasteiger partial charge < -0.3 is 10.2 Å². The Morgan fingerprint density at radius 2 is 2.23 bits per heavy atom. The van der Waals surface area contributed by atoms with Crippen LogP contribution in [-0.2, 0) is 4.79 Å². The largest absolute Gasteiger partial charge is 0.481 e. The minimum absolute atomic E-state index is 0.132. The highest BCUT2D eigenvalue weighted by Crippen LogP contribution is 2.20. The zero-order valence-corrected chi connectivity index (χ0v) is 8.85. The van der Waals surface area contributed by atoms with Gasteiger partial charge >= 0.3 is 5.97 Å². The molecule has 0 aliphatic heterocycles. The lowest BCUT2D eigenvalue weighted by molar-refractivity contribution is -0.137. The van der Waals surface area contributed by atoms with Crippen LogP contribution in [0.2, 0.25) is 0 Å². The molecular formula is C9H18O3S. The Morgan fingerprint density at radius 1 is 1.54 bits per heavy atom. The third kappa shape index (κ3) is 8.12. The Bertz CT molecular complexity index is 131. The molecule has 0 aliphatic rings. The van der Waals surface area contributed by atoms with Crippen molar-refractivity contribution in [2.24, 2.45) is 0 Å². The Kier molecular flexibility index (Phi) is 8.24. The normalized spacial score (nSPS) is 12.8. The van der Waals surface area contributed by atoms with Crippen molar-refractivity contribution in [3.8, 4) is 0 Å². The molecule has 0 spiro atoms. The first-order chi connectivity index (χ1) is 6.20. The van der Waals surface area contributed by atoms with Crippen LogP contribution in [0.1, 0.15) is 32.6 Å². The molecular weight excluding hydrogens is 188 g/mol. The van der Waals surface area contributed by atoms with Gasteiger partial charge in [-0.3, -0.25) is 4.79 Å². The minimum atomic E-state index is -0.744. The van der Waals surface area contributed by atoms with Crippen molar-refractivity contribution in [1.82, 2.24) is 0 Å². The number of aliphatic carboxylic acids is 1. The first kappa shape index (κ1) is 12.8. The quantitative estimate of drug-likeness (QED) is 0.635. The Hall–Kier alpha value is -0.220. The second kappa shape index (κ2) is 8.38. The summed E-state index contributed by atoms with van der Waals surface area (Å²) in [6.45, 7) is 2.22. The fraction of sp³-hybridized carbons (Fsp3) is 0.889. The highest BCUT2D eigenvalue weighted by molar-refractivity contribution is 7.99. The van der Waals surface area contributed by atoms with Crippen molar-refractivity contribution < 1.29 is 15.0 Å². The van der Waals surface area contributed by atoms with Crippen LogP contribution >= 0.6 is 11.8 Å². The van der Waals surface area contributed by atoms with E-state index in [4.69, 9.17) is 10.2 Å². The second-order valence-corrected chi connectivity index (χ2v) is 4.36. The highest BCUT2D eigenvalue weighted by Gasteiger charge is 2.12. The van der Waals surface area contributed by atoms with Crippen LogP contribution < -0.4 is 0 Å². The highest BCUT2D eigenvalue weighted by atomic mass is 32.2. The van der Waals surface area contributed by atoms with Gasteiger partial charge in [0.15, 0.2) is 0 Å². The maximum absolute atomic E-state index is 10.5. The molecule has 0 radical (unpaired) electrons. The van der Waals surface area contributed by atoms with Crippen molar-refractivity contribution in [2.75, 3.05) is 12.4 Å². The topological polar surface area (TPSA) is 57.5 Å². The third-order valence-electron chi connectivity index (χ3n) is 1.73. The summed E-state index contributed by atoms with van der Waals surface area (Å²) in [5.74, 6) is -0.103. The molecule has 0 aromatic carbocycles. The summed E-state index contributed by atoms with van der Waals surface area (Å²) in [6, 6.07) is 0. The number of rotatable bonds is 8. The minimum Gasteiger partial charge on any atom is -0.481 e. The van der Waals surface area contributed by atoms with E-state index in [1.54, 1.807) is 11.8 Å². The molecule has 13 heavy (non-hydrogen) atoms. The molecule has 0 aromatic heterocycles. The molecule has 2 N–H and O–H groups in total. The fourth-order valence-corrected chi connectivity index (χ4v) is 2.12. The first-order valence-corrected chi connectivity index (χ1v) is 5.69. The zero-order chi connectivity index (χ0) is 10.1. The zero-order valence-electron chi connectivity index (χ0n) is 8.03. The lowest BCUT2D eigenvalue weighted by Gasteiger charge is -2.12. The van der Waals surface area contributed by atoms with Crippen LogP contribution in [0, 0.1) is 0 Å². The molecule has 4 heteroatoms. The maximum atomic E-state index is 10.5. The summed E-state index contributed by atoms with van der Waals surface area (Å²) >= 11 is 1.56. The van der Waals surface area contributed by atoms with Crippen molar-refractivity contribution in [2.45, 2.75) is 37.9 Å². The number of hydrogen-bond donors (Lipinski definition) is 2. The van der Waals surface area contributed by atoms with Gasteiger partial charge in [-0.15, -0.1) is 0 Å². The summed E-state index contributed by atoms with van der Waals surface area (Å²) < 4.78 is 0. The van der Waals surface area contributed by atoms with Crippen molar-refractivity contribution in [3.05, 3.63) is 0 Å². The van der Waals surface area contributed by atoms with Crippen LogP contribution in [0.4, 0.5) is 0 Å². The average Bonchev–Trinajstić information content (AvgIpc) is 2.09. The molecule has 0 rings (SSSR count). The van der Waals surface area contributed by atoms with Gasteiger partial charge in [-0.2, -0.15) is 11.8 Å². The van der Waals surface area contributed by atoms with Gasteiger partial charge in [-0.25, -0.2) is 0 Å². The molecule has 0 aliphatic carbocycles. The molecule has 0 amide bonds. The van der Waals surface area contributed by atoms with Crippen molar-refractivity contribution >= 4 is 17.7 Å². The van der Waals surface area contributed by atoms with Crippen LogP contribution in [0.5, 0.6) is 0 Å². The van der Waals surface area contributed by atoms with Crippen LogP contribution in [0.25, 0.3) is 0 Å². The third-order valence-corrected chi connectivity index (χ3v) is 3.02. The van der Waals surface area contributed by atoms with Gasteiger partial charge in [0, 0.05) is 11.0 Å². The molecule has 0 aromatic rings. The number of hydrogen-bond acceptors (Lipinski definition) is 3. The number of carbonyl (C=O) groups is 1. The average molecular weight is 206 g/mol. The predicted molar refractivity (Wildman–Crippen MR) is 55.1 cm³/mol. The molecule has 0 saturated heterocycles. The van der Waals surface area contributed by atoms with Gasteiger partial charge in [0.2, 0.25) is 0 Å². The monoisotopic (exact) mass is 206 g/mol. The summed E-state index contributed by atoms with van der Waals surface area (Å²) in [7, 11) is 0. The molecule has 1 unspecified atom stereocenters. The number of unbranched alkanes of at least 4 members (excludes halogenated alkanes) is 1. The standard InChI is InChI=1S/C9H18O3S/c1-2-3-4-8(7-9(11)12)13-6-5-10/h8,10H,2-7H2,1H3,(H,11,12). The fourth-order valence-electron chi connectivity index (χ4n) is 1.09. The lowest BCUT2D eigenvalue weighted by Crippen LogP contribution is -2.11. The van der Waals surface area contributed by atoms with Gasteiger partial charge in [-0.05, 0) is 6.42 Å². The SMILES string of the molecule is CCCCC(CC(=O)O)SCCO. The smallest absolute Gasteiger partial charge is 0.304 e. The van der Waals surface area contributed by atoms with E-state index in [0.29, 0.717) is 5.75 Å². The Labute approximate surface area is 83.5 Å². The van der Waals surface area contributed by atoms with Crippen molar-refractivity contribution in [3.63, 3.8) is 0 Å². The van der Waals surface area contributed by atoms with E-state index >= 15 is 0 Å². The maximum Gasteiger partial charge on any atom is 0.304 e. The van der Waals surface area contributed by atoms with E-state index in [1.807, 2.05) is 0 Å². The van der Waals surface area contributed by atoms with E-state index in [2.05, 4.69) is 6.92 Å². The summed E-state index contributed by atoms with van der Waals surface area (Å²) in [6.07, 6.45) is 3.31. The lowest BCUT2D eigenvalue weighted by atomic mass is 10.1. The number of thioether (sulfide) groups is 1. The molecule has 78 valence electrons. The molecule has 0 fully saturated rings. The molecule has 0 saturated carbocycles. The van der Waals surface area contributed by atoms with Crippen molar-refractivity contribution in [1.29, 1.82) is 0 Å². The van der Waals surface area contributed by atoms with Crippen LogP contribution in [0.3, 0.4) is 0 Å². The Morgan fingerprint density at radius 3 is 2.69 bits per heavy atom. The summed E-state index contributed by atoms with van der Waals surface area (Å²) in [5.41, 5.74) is 0. The van der Waals surface area contributed by atoms with E-state index < -0.39 is 5.97 Å². The predicted octanol–water partition coefficient (Wildman–Crippen LogP) is 1.75. The van der Waals surface area contributed by atoms with Crippen LogP contribution in [-0.4, -0.2) is 33.8 Å². The van der Waals surface area contributed by atoms with E-state index in [0.717, 1.165) is 19.3 Å². The molecule has 1 atom stereocenters.